The highest BCUT2D eigenvalue weighted by atomic mass is 32.2. The first-order chi connectivity index (χ1) is 8.95. The molecule has 0 aliphatic carbocycles. The Balaban J connectivity index is 2.23. The lowest BCUT2D eigenvalue weighted by atomic mass is 10.0. The molecule has 0 N–H and O–H groups in total. The quantitative estimate of drug-likeness (QED) is 0.833. The van der Waals surface area contributed by atoms with E-state index in [1.165, 1.54) is 4.31 Å². The predicted molar refractivity (Wildman–Crippen MR) is 73.0 cm³/mol. The van der Waals surface area contributed by atoms with E-state index < -0.39 is 10.0 Å². The zero-order valence-corrected chi connectivity index (χ0v) is 12.1. The van der Waals surface area contributed by atoms with Crippen LogP contribution in [-0.4, -0.2) is 25.8 Å². The van der Waals surface area contributed by atoms with Gasteiger partial charge in [0.05, 0.1) is 11.0 Å². The van der Waals surface area contributed by atoms with Crippen LogP contribution in [-0.2, 0) is 10.0 Å². The largest absolute Gasteiger partial charge is 0.243 e. The van der Waals surface area contributed by atoms with Crippen LogP contribution < -0.4 is 0 Å². The molecule has 1 saturated heterocycles. The van der Waals surface area contributed by atoms with Crippen molar-refractivity contribution in [2.45, 2.75) is 31.6 Å². The van der Waals surface area contributed by atoms with E-state index in [0.717, 1.165) is 11.1 Å². The molecule has 0 unspecified atom stereocenters. The molecular weight excluding hydrogens is 260 g/mol. The van der Waals surface area contributed by atoms with Crippen molar-refractivity contribution in [1.82, 2.24) is 4.31 Å². The van der Waals surface area contributed by atoms with E-state index in [1.807, 2.05) is 19.9 Å². The molecule has 1 aromatic carbocycles. The molecule has 1 aliphatic heterocycles. The van der Waals surface area contributed by atoms with E-state index in [1.54, 1.807) is 12.1 Å². The molecule has 0 bridgehead atoms. The minimum atomic E-state index is -3.41. The number of benzene rings is 1. The number of aryl methyl sites for hydroxylation is 2. The van der Waals surface area contributed by atoms with Gasteiger partial charge in [-0.1, -0.05) is 6.07 Å². The van der Waals surface area contributed by atoms with Gasteiger partial charge in [-0.2, -0.15) is 9.57 Å². The molecular formula is C14H18N2O2S. The van der Waals surface area contributed by atoms with Gasteiger partial charge in [-0.05, 0) is 49.9 Å². The highest BCUT2D eigenvalue weighted by molar-refractivity contribution is 7.89. The summed E-state index contributed by atoms with van der Waals surface area (Å²) in [6.07, 6.45) is 1.25. The third-order valence-electron chi connectivity index (χ3n) is 3.75. The van der Waals surface area contributed by atoms with Crippen molar-refractivity contribution in [3.63, 3.8) is 0 Å². The van der Waals surface area contributed by atoms with E-state index >= 15 is 0 Å². The predicted octanol–water partition coefficient (Wildman–Crippen LogP) is 2.23. The Bertz CT molecular complexity index is 609. The molecule has 0 saturated carbocycles. The van der Waals surface area contributed by atoms with Crippen LogP contribution >= 0.6 is 0 Å². The molecule has 0 atom stereocenters. The molecule has 1 aromatic rings. The highest BCUT2D eigenvalue weighted by Crippen LogP contribution is 2.24. The average molecular weight is 278 g/mol. The number of hydrogen-bond acceptors (Lipinski definition) is 3. The fourth-order valence-corrected chi connectivity index (χ4v) is 3.80. The van der Waals surface area contributed by atoms with Gasteiger partial charge in [0, 0.05) is 19.0 Å². The Hall–Kier alpha value is -1.38. The Morgan fingerprint density at radius 2 is 1.84 bits per heavy atom. The van der Waals surface area contributed by atoms with Gasteiger partial charge >= 0.3 is 0 Å². The van der Waals surface area contributed by atoms with Crippen molar-refractivity contribution >= 4 is 10.0 Å². The third kappa shape index (κ3) is 2.80. The molecule has 1 heterocycles. The smallest absolute Gasteiger partial charge is 0.207 e. The van der Waals surface area contributed by atoms with Gasteiger partial charge in [0.25, 0.3) is 0 Å². The Morgan fingerprint density at radius 3 is 2.37 bits per heavy atom. The van der Waals surface area contributed by atoms with Crippen molar-refractivity contribution in [1.29, 1.82) is 5.26 Å². The third-order valence-corrected chi connectivity index (χ3v) is 5.65. The van der Waals surface area contributed by atoms with Gasteiger partial charge in [-0.15, -0.1) is 0 Å². The summed E-state index contributed by atoms with van der Waals surface area (Å²) in [6.45, 7) is 4.75. The van der Waals surface area contributed by atoms with Crippen molar-refractivity contribution in [2.75, 3.05) is 13.1 Å². The molecule has 1 aliphatic rings. The van der Waals surface area contributed by atoms with Gasteiger partial charge in [0.15, 0.2) is 0 Å². The summed E-state index contributed by atoms with van der Waals surface area (Å²) >= 11 is 0. The summed E-state index contributed by atoms with van der Waals surface area (Å²) in [4.78, 5) is 0.353. The van der Waals surface area contributed by atoms with E-state index in [4.69, 9.17) is 5.26 Å². The molecule has 2 rings (SSSR count). The number of rotatable bonds is 2. The van der Waals surface area contributed by atoms with Gasteiger partial charge in [0.2, 0.25) is 10.0 Å². The van der Waals surface area contributed by atoms with Gasteiger partial charge in [-0.3, -0.25) is 0 Å². The number of nitrogens with zero attached hydrogens (tertiary/aromatic N) is 2. The fraction of sp³-hybridized carbons (Fsp3) is 0.500. The molecule has 19 heavy (non-hydrogen) atoms. The maximum atomic E-state index is 12.5. The molecule has 5 heteroatoms. The second kappa shape index (κ2) is 5.32. The molecule has 0 spiro atoms. The molecule has 1 fully saturated rings. The topological polar surface area (TPSA) is 61.2 Å². The first kappa shape index (κ1) is 14.0. The normalized spacial score (nSPS) is 18.2. The second-order valence-corrected chi connectivity index (χ2v) is 6.99. The summed E-state index contributed by atoms with van der Waals surface area (Å²) in [6, 6.07) is 7.43. The summed E-state index contributed by atoms with van der Waals surface area (Å²) in [7, 11) is -3.41. The monoisotopic (exact) mass is 278 g/mol. The number of nitriles is 1. The van der Waals surface area contributed by atoms with Crippen molar-refractivity contribution in [3.05, 3.63) is 29.3 Å². The lowest BCUT2D eigenvalue weighted by Gasteiger charge is -2.28. The zero-order valence-electron chi connectivity index (χ0n) is 11.3. The lowest BCUT2D eigenvalue weighted by molar-refractivity contribution is 0.310. The van der Waals surface area contributed by atoms with E-state index in [9.17, 15) is 8.42 Å². The van der Waals surface area contributed by atoms with E-state index in [2.05, 4.69) is 6.07 Å². The SMILES string of the molecule is Cc1ccc(S(=O)(=O)N2CCC(C#N)CC2)cc1C. The van der Waals surface area contributed by atoms with Crippen molar-refractivity contribution in [3.8, 4) is 6.07 Å². The zero-order chi connectivity index (χ0) is 14.0. The minimum absolute atomic E-state index is 0.00814. The molecule has 0 amide bonds. The summed E-state index contributed by atoms with van der Waals surface area (Å²) in [5, 5.41) is 8.85. The van der Waals surface area contributed by atoms with Crippen molar-refractivity contribution in [2.24, 2.45) is 5.92 Å². The number of sulfonamides is 1. The minimum Gasteiger partial charge on any atom is -0.207 e. The van der Waals surface area contributed by atoms with Gasteiger partial charge < -0.3 is 0 Å². The molecule has 0 aromatic heterocycles. The summed E-state index contributed by atoms with van der Waals surface area (Å²) < 4.78 is 26.5. The average Bonchev–Trinajstić information content (AvgIpc) is 2.41. The molecule has 4 nitrogen and oxygen atoms in total. The van der Waals surface area contributed by atoms with Crippen molar-refractivity contribution < 1.29 is 8.42 Å². The van der Waals surface area contributed by atoms with Crippen LogP contribution in [0.5, 0.6) is 0 Å². The van der Waals surface area contributed by atoms with Crippen LogP contribution in [0.1, 0.15) is 24.0 Å². The first-order valence-electron chi connectivity index (χ1n) is 6.42. The van der Waals surface area contributed by atoms with Crippen LogP contribution in [0.15, 0.2) is 23.1 Å². The van der Waals surface area contributed by atoms with Crippen LogP contribution in [0.25, 0.3) is 0 Å². The highest BCUT2D eigenvalue weighted by Gasteiger charge is 2.29. The number of hydrogen-bond donors (Lipinski definition) is 0. The number of piperidine rings is 1. The lowest BCUT2D eigenvalue weighted by Crippen LogP contribution is -2.38. The maximum Gasteiger partial charge on any atom is 0.243 e. The van der Waals surface area contributed by atoms with Crippen LogP contribution in [0.4, 0.5) is 0 Å². The Labute approximate surface area is 114 Å². The Kier molecular flexibility index (Phi) is 3.93. The van der Waals surface area contributed by atoms with Crippen LogP contribution in [0.3, 0.4) is 0 Å². The maximum absolute atomic E-state index is 12.5. The summed E-state index contributed by atoms with van der Waals surface area (Å²) in [5.74, 6) is -0.00814. The standard InChI is InChI=1S/C14H18N2O2S/c1-11-3-4-14(9-12(11)2)19(17,18)16-7-5-13(10-15)6-8-16/h3-4,9,13H,5-8H2,1-2H3. The van der Waals surface area contributed by atoms with Gasteiger partial charge in [-0.25, -0.2) is 8.42 Å². The van der Waals surface area contributed by atoms with E-state index in [0.29, 0.717) is 30.8 Å². The van der Waals surface area contributed by atoms with Crippen LogP contribution in [0.2, 0.25) is 0 Å². The second-order valence-electron chi connectivity index (χ2n) is 5.05. The fourth-order valence-electron chi connectivity index (χ4n) is 2.25. The van der Waals surface area contributed by atoms with E-state index in [-0.39, 0.29) is 5.92 Å². The first-order valence-corrected chi connectivity index (χ1v) is 7.86. The Morgan fingerprint density at radius 1 is 1.21 bits per heavy atom. The summed E-state index contributed by atoms with van der Waals surface area (Å²) in [5.41, 5.74) is 2.06. The molecule has 0 radical (unpaired) electrons. The van der Waals surface area contributed by atoms with Crippen LogP contribution in [0, 0.1) is 31.1 Å². The molecule has 102 valence electrons. The van der Waals surface area contributed by atoms with Gasteiger partial charge in [0.1, 0.15) is 0 Å².